The Morgan fingerprint density at radius 2 is 1.44 bits per heavy atom. The third-order valence-corrected chi connectivity index (χ3v) is 4.91. The third kappa shape index (κ3) is 2.54. The van der Waals surface area contributed by atoms with Crippen LogP contribution < -0.4 is 4.57 Å². The van der Waals surface area contributed by atoms with Crippen LogP contribution in [-0.4, -0.2) is 4.57 Å². The predicted molar refractivity (Wildman–Crippen MR) is 104 cm³/mol. The molecule has 0 N–H and O–H groups in total. The molecule has 25 heavy (non-hydrogen) atoms. The molecular formula is C23H23N2+. The molecule has 124 valence electrons. The van der Waals surface area contributed by atoms with Gasteiger partial charge in [0, 0.05) is 0 Å². The molecule has 4 rings (SSSR count). The number of benzene rings is 3. The summed E-state index contributed by atoms with van der Waals surface area (Å²) in [5.41, 5.74) is 8.79. The van der Waals surface area contributed by atoms with Gasteiger partial charge in [-0.3, -0.25) is 0 Å². The highest BCUT2D eigenvalue weighted by Gasteiger charge is 2.26. The molecule has 0 fully saturated rings. The molecule has 0 radical (unpaired) electrons. The van der Waals surface area contributed by atoms with E-state index >= 15 is 0 Å². The van der Waals surface area contributed by atoms with E-state index in [1.54, 1.807) is 0 Å². The van der Waals surface area contributed by atoms with Crippen LogP contribution in [0.3, 0.4) is 0 Å². The maximum atomic E-state index is 2.38. The van der Waals surface area contributed by atoms with E-state index in [9.17, 15) is 0 Å². The molecule has 0 saturated carbocycles. The zero-order chi connectivity index (χ0) is 17.6. The fourth-order valence-corrected chi connectivity index (χ4v) is 3.59. The van der Waals surface area contributed by atoms with Gasteiger partial charge in [-0.1, -0.05) is 42.0 Å². The largest absolute Gasteiger partial charge is 0.295 e. The van der Waals surface area contributed by atoms with E-state index in [-0.39, 0.29) is 0 Å². The molecule has 3 aromatic carbocycles. The quantitative estimate of drug-likeness (QED) is 0.456. The van der Waals surface area contributed by atoms with Gasteiger partial charge in [0.2, 0.25) is 0 Å². The lowest BCUT2D eigenvalue weighted by Crippen LogP contribution is -2.30. The molecule has 0 unspecified atom stereocenters. The number of aryl methyl sites for hydroxylation is 4. The van der Waals surface area contributed by atoms with E-state index in [1.807, 2.05) is 0 Å². The van der Waals surface area contributed by atoms with Crippen molar-refractivity contribution in [1.82, 2.24) is 4.57 Å². The van der Waals surface area contributed by atoms with Gasteiger partial charge in [-0.2, -0.15) is 4.57 Å². The number of rotatable bonds is 2. The lowest BCUT2D eigenvalue weighted by molar-refractivity contribution is -0.633. The number of aromatic nitrogens is 2. The maximum absolute atomic E-state index is 2.38. The summed E-state index contributed by atoms with van der Waals surface area (Å²) in [6.45, 7) is 6.50. The number of imidazole rings is 1. The van der Waals surface area contributed by atoms with Gasteiger partial charge in [-0.15, -0.1) is 0 Å². The van der Waals surface area contributed by atoms with Crippen molar-refractivity contribution in [1.29, 1.82) is 0 Å². The molecule has 0 bridgehead atoms. The smallest absolute Gasteiger partial charge is 0.225 e. The first kappa shape index (κ1) is 15.6. The van der Waals surface area contributed by atoms with Crippen LogP contribution in [0, 0.1) is 20.8 Å². The third-order valence-electron chi connectivity index (χ3n) is 4.91. The Hall–Kier alpha value is -2.87. The van der Waals surface area contributed by atoms with E-state index in [0.29, 0.717) is 0 Å². The van der Waals surface area contributed by atoms with Gasteiger partial charge in [0.25, 0.3) is 5.82 Å². The second-order valence-electron chi connectivity index (χ2n) is 6.86. The second-order valence-corrected chi connectivity index (χ2v) is 6.86. The lowest BCUT2D eigenvalue weighted by Gasteiger charge is -2.07. The number of para-hydroxylation sites is 1. The summed E-state index contributed by atoms with van der Waals surface area (Å²) in [5, 5.41) is 0. The van der Waals surface area contributed by atoms with E-state index < -0.39 is 0 Å². The second kappa shape index (κ2) is 5.89. The topological polar surface area (TPSA) is 8.81 Å². The van der Waals surface area contributed by atoms with Crippen molar-refractivity contribution in [2.75, 3.05) is 0 Å². The molecule has 1 heterocycles. The molecule has 2 heteroatoms. The normalized spacial score (nSPS) is 11.2. The van der Waals surface area contributed by atoms with Crippen molar-refractivity contribution in [3.63, 3.8) is 0 Å². The Balaban J connectivity index is 2.17. The number of hydrogen-bond acceptors (Lipinski definition) is 0. The van der Waals surface area contributed by atoms with Crippen LogP contribution in [0.15, 0.2) is 66.7 Å². The van der Waals surface area contributed by atoms with Crippen LogP contribution in [-0.2, 0) is 7.05 Å². The summed E-state index contributed by atoms with van der Waals surface area (Å²) < 4.78 is 4.69. The summed E-state index contributed by atoms with van der Waals surface area (Å²) in [6.07, 6.45) is 0. The molecule has 0 saturated heterocycles. The molecule has 4 aromatic rings. The molecular weight excluding hydrogens is 304 g/mol. The molecule has 1 aromatic heterocycles. The van der Waals surface area contributed by atoms with Crippen molar-refractivity contribution in [3.8, 4) is 17.1 Å². The fraction of sp³-hybridized carbons (Fsp3) is 0.174. The number of hydrogen-bond donors (Lipinski definition) is 0. The summed E-state index contributed by atoms with van der Waals surface area (Å²) >= 11 is 0. The van der Waals surface area contributed by atoms with E-state index in [0.717, 1.165) is 0 Å². The SMILES string of the molecule is Cc1ccc(C)c(-c2n(-c3ccccc3)c3cc(C)ccc3[n+]2C)c1. The minimum atomic E-state index is 1.19. The van der Waals surface area contributed by atoms with E-state index in [1.165, 1.54) is 44.8 Å². The van der Waals surface area contributed by atoms with Crippen molar-refractivity contribution < 1.29 is 4.57 Å². The zero-order valence-corrected chi connectivity index (χ0v) is 15.2. The molecule has 0 amide bonds. The first-order valence-corrected chi connectivity index (χ1v) is 8.70. The zero-order valence-electron chi connectivity index (χ0n) is 15.2. The van der Waals surface area contributed by atoms with Crippen molar-refractivity contribution in [2.24, 2.45) is 7.05 Å². The minimum Gasteiger partial charge on any atom is -0.225 e. The Morgan fingerprint density at radius 3 is 2.20 bits per heavy atom. The molecule has 0 aliphatic carbocycles. The van der Waals surface area contributed by atoms with Gasteiger partial charge in [-0.05, 0) is 62.2 Å². The summed E-state index contributed by atoms with van der Waals surface area (Å²) in [4.78, 5) is 0. The van der Waals surface area contributed by atoms with Crippen LogP contribution >= 0.6 is 0 Å². The highest BCUT2D eigenvalue weighted by Crippen LogP contribution is 2.30. The van der Waals surface area contributed by atoms with Gasteiger partial charge >= 0.3 is 0 Å². The van der Waals surface area contributed by atoms with Gasteiger partial charge < -0.3 is 0 Å². The first-order valence-electron chi connectivity index (χ1n) is 8.70. The number of nitrogens with zero attached hydrogens (tertiary/aromatic N) is 2. The standard InChI is InChI=1S/C23H23N2/c1-16-10-12-18(3)20(14-16)23-24(4)21-13-11-17(2)15-22(21)25(23)19-8-6-5-7-9-19/h5-15H,1-4H3/q+1. The highest BCUT2D eigenvalue weighted by atomic mass is 15.2. The van der Waals surface area contributed by atoms with Crippen molar-refractivity contribution >= 4 is 11.0 Å². The average molecular weight is 327 g/mol. The van der Waals surface area contributed by atoms with Crippen molar-refractivity contribution in [3.05, 3.63) is 83.4 Å². The lowest BCUT2D eigenvalue weighted by atomic mass is 10.0. The van der Waals surface area contributed by atoms with Gasteiger partial charge in [0.15, 0.2) is 11.0 Å². The summed E-state index contributed by atoms with van der Waals surface area (Å²) in [7, 11) is 2.16. The van der Waals surface area contributed by atoms with Gasteiger partial charge in [0.1, 0.15) is 5.69 Å². The Kier molecular flexibility index (Phi) is 3.69. The van der Waals surface area contributed by atoms with Crippen LogP contribution in [0.1, 0.15) is 16.7 Å². The van der Waals surface area contributed by atoms with E-state index in [2.05, 4.69) is 104 Å². The molecule has 2 nitrogen and oxygen atoms in total. The van der Waals surface area contributed by atoms with Crippen LogP contribution in [0.25, 0.3) is 28.1 Å². The molecule has 0 atom stereocenters. The average Bonchev–Trinajstić information content (AvgIpc) is 2.89. The Morgan fingerprint density at radius 1 is 0.760 bits per heavy atom. The van der Waals surface area contributed by atoms with Crippen LogP contribution in [0.2, 0.25) is 0 Å². The van der Waals surface area contributed by atoms with Crippen molar-refractivity contribution in [2.45, 2.75) is 20.8 Å². The Bertz CT molecular complexity index is 1070. The monoisotopic (exact) mass is 327 g/mol. The predicted octanol–water partition coefficient (Wildman–Crippen LogP) is 5.05. The molecule has 0 spiro atoms. The maximum Gasteiger partial charge on any atom is 0.295 e. The summed E-state index contributed by atoms with van der Waals surface area (Å²) in [5.74, 6) is 1.22. The molecule has 0 aliphatic rings. The van der Waals surface area contributed by atoms with Gasteiger partial charge in [0.05, 0.1) is 12.6 Å². The first-order chi connectivity index (χ1) is 12.1. The highest BCUT2D eigenvalue weighted by molar-refractivity contribution is 5.80. The van der Waals surface area contributed by atoms with Crippen LogP contribution in [0.5, 0.6) is 0 Å². The van der Waals surface area contributed by atoms with E-state index in [4.69, 9.17) is 0 Å². The van der Waals surface area contributed by atoms with Gasteiger partial charge in [-0.25, -0.2) is 4.57 Å². The molecule has 0 aliphatic heterocycles. The number of fused-ring (bicyclic) bond motifs is 1. The fourth-order valence-electron chi connectivity index (χ4n) is 3.59. The Labute approximate surface area is 149 Å². The summed E-state index contributed by atoms with van der Waals surface area (Å²) in [6, 6.07) is 24.0. The van der Waals surface area contributed by atoms with Crippen LogP contribution in [0.4, 0.5) is 0 Å². The minimum absolute atomic E-state index is 1.19.